The number of rotatable bonds is 7. The zero-order chi connectivity index (χ0) is 15.6. The van der Waals surface area contributed by atoms with Crippen LogP contribution in [0.5, 0.6) is 0 Å². The number of nitrogens with zero attached hydrogens (tertiary/aromatic N) is 2. The summed E-state index contributed by atoms with van der Waals surface area (Å²) in [5.41, 5.74) is 8.18. The molecular weight excluding hydrogens is 286 g/mol. The van der Waals surface area contributed by atoms with Gasteiger partial charge in [-0.2, -0.15) is 0 Å². The van der Waals surface area contributed by atoms with Gasteiger partial charge in [0.2, 0.25) is 0 Å². The van der Waals surface area contributed by atoms with Gasteiger partial charge >= 0.3 is 0 Å². The molecule has 0 radical (unpaired) electrons. The summed E-state index contributed by atoms with van der Waals surface area (Å²) in [4.78, 5) is 16.8. The van der Waals surface area contributed by atoms with E-state index in [9.17, 15) is 4.79 Å². The third-order valence-corrected chi connectivity index (χ3v) is 5.05. The summed E-state index contributed by atoms with van der Waals surface area (Å²) in [6, 6.07) is 0. The largest absolute Gasteiger partial charge is 0.397 e. The van der Waals surface area contributed by atoms with Gasteiger partial charge in [-0.15, -0.1) is 11.3 Å². The second kappa shape index (κ2) is 6.66. The Bertz CT molecular complexity index is 509. The molecule has 1 aromatic rings. The minimum absolute atomic E-state index is 0.00607. The number of likely N-dealkylation sites (N-methyl/N-ethyl adjacent to an activating group) is 1. The van der Waals surface area contributed by atoms with Crippen molar-refractivity contribution in [2.45, 2.75) is 25.7 Å². The first-order chi connectivity index (χ1) is 10.0. The van der Waals surface area contributed by atoms with E-state index >= 15 is 0 Å². The van der Waals surface area contributed by atoms with Crippen molar-refractivity contribution in [1.29, 1.82) is 0 Å². The summed E-state index contributed by atoms with van der Waals surface area (Å²) in [6.07, 6.45) is 2.34. The van der Waals surface area contributed by atoms with Crippen molar-refractivity contribution >= 4 is 27.9 Å². The average molecular weight is 311 g/mol. The normalized spacial score (nSPS) is 14.3. The van der Waals surface area contributed by atoms with E-state index < -0.39 is 0 Å². The molecule has 1 saturated carbocycles. The van der Waals surface area contributed by atoms with Crippen LogP contribution in [0.25, 0.3) is 0 Å². The molecule has 0 atom stereocenters. The van der Waals surface area contributed by atoms with Crippen LogP contribution in [-0.2, 0) is 4.74 Å². The van der Waals surface area contributed by atoms with Crippen LogP contribution in [0.1, 0.15) is 40.9 Å². The molecule has 2 rings (SSSR count). The van der Waals surface area contributed by atoms with Gasteiger partial charge in [-0.1, -0.05) is 0 Å². The van der Waals surface area contributed by atoms with Gasteiger partial charge in [-0.05, 0) is 25.7 Å². The van der Waals surface area contributed by atoms with Gasteiger partial charge in [0.1, 0.15) is 4.88 Å². The molecule has 0 unspecified atom stereocenters. The van der Waals surface area contributed by atoms with Crippen LogP contribution in [0.15, 0.2) is 0 Å². The summed E-state index contributed by atoms with van der Waals surface area (Å²) < 4.78 is 5.19. The van der Waals surface area contributed by atoms with Crippen molar-refractivity contribution < 1.29 is 9.53 Å². The first-order valence-corrected chi connectivity index (χ1v) is 8.20. The minimum atomic E-state index is -0.00607. The number of thiophene rings is 1. The molecule has 1 heterocycles. The highest BCUT2D eigenvalue weighted by atomic mass is 32.1. The Morgan fingerprint density at radius 1 is 1.43 bits per heavy atom. The topological polar surface area (TPSA) is 58.8 Å². The quantitative estimate of drug-likeness (QED) is 0.840. The van der Waals surface area contributed by atoms with Gasteiger partial charge in [0.15, 0.2) is 0 Å². The zero-order valence-corrected chi connectivity index (χ0v) is 14.1. The molecular formula is C15H25N3O2S. The Hall–Kier alpha value is -1.27. The molecule has 1 aliphatic carbocycles. The fraction of sp³-hybridized carbons (Fsp3) is 0.667. The monoisotopic (exact) mass is 311 g/mol. The smallest absolute Gasteiger partial charge is 0.265 e. The third kappa shape index (κ3) is 3.32. The zero-order valence-electron chi connectivity index (χ0n) is 13.3. The van der Waals surface area contributed by atoms with Crippen molar-refractivity contribution in [3.63, 3.8) is 0 Å². The van der Waals surface area contributed by atoms with Crippen molar-refractivity contribution in [3.05, 3.63) is 10.4 Å². The first-order valence-electron chi connectivity index (χ1n) is 7.38. The summed E-state index contributed by atoms with van der Waals surface area (Å²) in [5, 5.41) is 1.15. The third-order valence-electron chi connectivity index (χ3n) is 3.78. The fourth-order valence-electron chi connectivity index (χ4n) is 2.41. The number of hydrogen-bond acceptors (Lipinski definition) is 5. The van der Waals surface area contributed by atoms with E-state index in [4.69, 9.17) is 10.5 Å². The lowest BCUT2D eigenvalue weighted by atomic mass is 10.1. The van der Waals surface area contributed by atoms with Crippen LogP contribution in [0.3, 0.4) is 0 Å². The number of nitrogen functional groups attached to an aromatic ring is 1. The van der Waals surface area contributed by atoms with Crippen LogP contribution in [0.4, 0.5) is 10.7 Å². The highest BCUT2D eigenvalue weighted by Gasteiger charge is 2.34. The standard InChI is InChI=1S/C15H25N3O2S/c1-5-18(8-9-20-4)15-11(10-6-7-10)12(16)13(21-15)14(19)17(2)3/h10H,5-9,16H2,1-4H3. The van der Waals surface area contributed by atoms with Gasteiger partial charge in [0, 0.05) is 39.9 Å². The molecule has 2 N–H and O–H groups in total. The number of methoxy groups -OCH3 is 1. The lowest BCUT2D eigenvalue weighted by molar-refractivity contribution is 0.0833. The lowest BCUT2D eigenvalue weighted by Gasteiger charge is -2.22. The molecule has 0 bridgehead atoms. The lowest BCUT2D eigenvalue weighted by Crippen LogP contribution is -2.26. The number of anilines is 2. The van der Waals surface area contributed by atoms with Crippen LogP contribution in [0, 0.1) is 0 Å². The molecule has 21 heavy (non-hydrogen) atoms. The second-order valence-corrected chi connectivity index (χ2v) is 6.61. The molecule has 1 fully saturated rings. The Balaban J connectivity index is 2.39. The van der Waals surface area contributed by atoms with Gasteiger partial charge < -0.3 is 20.3 Å². The molecule has 0 aliphatic heterocycles. The molecule has 1 aromatic heterocycles. The maximum absolute atomic E-state index is 12.3. The number of carbonyl (C=O) groups is 1. The average Bonchev–Trinajstić information content (AvgIpc) is 3.23. The van der Waals surface area contributed by atoms with Crippen LogP contribution in [0.2, 0.25) is 0 Å². The summed E-state index contributed by atoms with van der Waals surface area (Å²) in [5.74, 6) is 0.519. The van der Waals surface area contributed by atoms with Crippen LogP contribution >= 0.6 is 11.3 Å². The molecule has 0 aromatic carbocycles. The molecule has 5 nitrogen and oxygen atoms in total. The van der Waals surface area contributed by atoms with E-state index in [1.165, 1.54) is 29.7 Å². The summed E-state index contributed by atoms with van der Waals surface area (Å²) in [7, 11) is 5.24. The first kappa shape index (κ1) is 16.1. The number of ether oxygens (including phenoxy) is 1. The number of amides is 1. The van der Waals surface area contributed by atoms with Gasteiger partial charge in [0.25, 0.3) is 5.91 Å². The molecule has 6 heteroatoms. The Kier molecular flexibility index (Phi) is 5.11. The SMILES string of the molecule is CCN(CCOC)c1sc(C(=O)N(C)C)c(N)c1C1CC1. The second-order valence-electron chi connectivity index (χ2n) is 5.61. The maximum atomic E-state index is 12.3. The summed E-state index contributed by atoms with van der Waals surface area (Å²) >= 11 is 1.53. The van der Waals surface area contributed by atoms with Gasteiger partial charge in [-0.3, -0.25) is 4.79 Å². The van der Waals surface area contributed by atoms with E-state index in [0.717, 1.165) is 18.1 Å². The predicted octanol–water partition coefficient (Wildman–Crippen LogP) is 2.38. The van der Waals surface area contributed by atoms with Crippen LogP contribution in [-0.4, -0.2) is 51.7 Å². The number of nitrogens with two attached hydrogens (primary N) is 1. The van der Waals surface area contributed by atoms with Crippen molar-refractivity contribution in [2.75, 3.05) is 51.5 Å². The Labute approximate surface area is 130 Å². The van der Waals surface area contributed by atoms with E-state index in [2.05, 4.69) is 11.8 Å². The number of hydrogen-bond donors (Lipinski definition) is 1. The van der Waals surface area contributed by atoms with E-state index in [0.29, 0.717) is 23.1 Å². The van der Waals surface area contributed by atoms with E-state index in [1.54, 1.807) is 26.1 Å². The number of carbonyl (C=O) groups excluding carboxylic acids is 1. The Morgan fingerprint density at radius 3 is 2.57 bits per heavy atom. The minimum Gasteiger partial charge on any atom is -0.397 e. The maximum Gasteiger partial charge on any atom is 0.265 e. The van der Waals surface area contributed by atoms with Gasteiger partial charge in [-0.25, -0.2) is 0 Å². The molecule has 0 spiro atoms. The van der Waals surface area contributed by atoms with E-state index in [1.807, 2.05) is 0 Å². The molecule has 118 valence electrons. The highest BCUT2D eigenvalue weighted by molar-refractivity contribution is 7.18. The fourth-order valence-corrected chi connectivity index (χ4v) is 3.83. The highest BCUT2D eigenvalue weighted by Crippen LogP contribution is 2.52. The Morgan fingerprint density at radius 2 is 2.10 bits per heavy atom. The predicted molar refractivity (Wildman–Crippen MR) is 88.5 cm³/mol. The molecule has 0 saturated heterocycles. The van der Waals surface area contributed by atoms with Crippen LogP contribution < -0.4 is 10.6 Å². The van der Waals surface area contributed by atoms with Crippen molar-refractivity contribution in [3.8, 4) is 0 Å². The van der Waals surface area contributed by atoms with Gasteiger partial charge in [0.05, 0.1) is 17.3 Å². The van der Waals surface area contributed by atoms with Crippen molar-refractivity contribution in [1.82, 2.24) is 4.90 Å². The molecule has 1 aliphatic rings. The summed E-state index contributed by atoms with van der Waals surface area (Å²) in [6.45, 7) is 4.50. The van der Waals surface area contributed by atoms with E-state index in [-0.39, 0.29) is 5.91 Å². The van der Waals surface area contributed by atoms with Crippen molar-refractivity contribution in [2.24, 2.45) is 0 Å². The molecule has 1 amide bonds.